The van der Waals surface area contributed by atoms with E-state index in [-0.39, 0.29) is 29.3 Å². The van der Waals surface area contributed by atoms with E-state index >= 15 is 0 Å². The molecule has 152 valence electrons. The van der Waals surface area contributed by atoms with Gasteiger partial charge in [-0.1, -0.05) is 19.9 Å². The van der Waals surface area contributed by atoms with Crippen LogP contribution in [-0.4, -0.2) is 50.9 Å². The fraction of sp³-hybridized carbons (Fsp3) is 0.632. The monoisotopic (exact) mass is 415 g/mol. The van der Waals surface area contributed by atoms with Crippen molar-refractivity contribution in [3.8, 4) is 0 Å². The predicted octanol–water partition coefficient (Wildman–Crippen LogP) is 2.26. The Kier molecular flexibility index (Phi) is 7.68. The molecule has 2 saturated heterocycles. The number of halogens is 1. The summed E-state index contributed by atoms with van der Waals surface area (Å²) in [4.78, 5) is 12.5. The summed E-state index contributed by atoms with van der Waals surface area (Å²) in [6.07, 6.45) is 3.07. The van der Waals surface area contributed by atoms with Crippen molar-refractivity contribution in [1.82, 2.24) is 14.9 Å². The molecule has 0 unspecified atom stereocenters. The third-order valence-electron chi connectivity index (χ3n) is 5.31. The summed E-state index contributed by atoms with van der Waals surface area (Å²) in [5.74, 6) is 0.676. The second-order valence-corrected chi connectivity index (χ2v) is 9.69. The van der Waals surface area contributed by atoms with Gasteiger partial charge in [0.1, 0.15) is 0 Å². The summed E-state index contributed by atoms with van der Waals surface area (Å²) >= 11 is 0. The number of hydrogen-bond donors (Lipinski definition) is 2. The van der Waals surface area contributed by atoms with Crippen LogP contribution in [0.15, 0.2) is 29.2 Å². The molecule has 0 saturated carbocycles. The summed E-state index contributed by atoms with van der Waals surface area (Å²) in [7, 11) is -3.57. The van der Waals surface area contributed by atoms with Gasteiger partial charge in [-0.15, -0.1) is 12.4 Å². The normalized spacial score (nSPS) is 22.9. The molecule has 0 bridgehead atoms. The van der Waals surface area contributed by atoms with Crippen LogP contribution in [0.5, 0.6) is 0 Å². The second kappa shape index (κ2) is 9.37. The van der Waals surface area contributed by atoms with Gasteiger partial charge in [-0.05, 0) is 55.8 Å². The first-order valence-corrected chi connectivity index (χ1v) is 10.9. The Hall–Kier alpha value is -1.15. The van der Waals surface area contributed by atoms with Crippen LogP contribution in [0.2, 0.25) is 0 Å². The van der Waals surface area contributed by atoms with Crippen LogP contribution in [0.3, 0.4) is 0 Å². The molecule has 6 nitrogen and oxygen atoms in total. The van der Waals surface area contributed by atoms with E-state index in [0.29, 0.717) is 37.0 Å². The highest BCUT2D eigenvalue weighted by Gasteiger charge is 2.40. The first kappa shape index (κ1) is 22.1. The lowest BCUT2D eigenvalue weighted by Crippen LogP contribution is -2.41. The summed E-state index contributed by atoms with van der Waals surface area (Å²) in [5, 5.41) is 6.29. The maximum absolute atomic E-state index is 13.0. The maximum Gasteiger partial charge on any atom is 0.251 e. The number of rotatable bonds is 6. The number of amides is 1. The zero-order valence-corrected chi connectivity index (χ0v) is 17.6. The molecule has 2 N–H and O–H groups in total. The van der Waals surface area contributed by atoms with Crippen molar-refractivity contribution in [2.45, 2.75) is 44.0 Å². The lowest BCUT2D eigenvalue weighted by atomic mass is 9.94. The molecule has 2 heterocycles. The number of carbonyl (C=O) groups excluding carboxylic acids is 1. The lowest BCUT2D eigenvalue weighted by Gasteiger charge is -2.24. The molecule has 0 radical (unpaired) electrons. The highest BCUT2D eigenvalue weighted by Crippen LogP contribution is 2.29. The van der Waals surface area contributed by atoms with Gasteiger partial charge in [0, 0.05) is 31.2 Å². The van der Waals surface area contributed by atoms with E-state index in [1.807, 2.05) is 0 Å². The minimum absolute atomic E-state index is 0. The Balaban J connectivity index is 0.00000261. The molecule has 0 aliphatic carbocycles. The lowest BCUT2D eigenvalue weighted by molar-refractivity contribution is 0.0952. The van der Waals surface area contributed by atoms with Crippen LogP contribution in [-0.2, 0) is 10.0 Å². The molecule has 2 aliphatic heterocycles. The largest absolute Gasteiger partial charge is 0.352 e. The van der Waals surface area contributed by atoms with E-state index in [2.05, 4.69) is 24.5 Å². The SMILES string of the molecule is CC(C)CCNC(=O)c1cccc(S(=O)(=O)N2C[C@@H]3CCCN[C@@H]3C2)c1.Cl. The number of sulfonamides is 1. The van der Waals surface area contributed by atoms with Gasteiger partial charge < -0.3 is 10.6 Å². The van der Waals surface area contributed by atoms with E-state index < -0.39 is 10.0 Å². The third-order valence-corrected chi connectivity index (χ3v) is 7.13. The first-order chi connectivity index (χ1) is 12.4. The molecular weight excluding hydrogens is 386 g/mol. The zero-order chi connectivity index (χ0) is 18.7. The van der Waals surface area contributed by atoms with Gasteiger partial charge in [-0.25, -0.2) is 8.42 Å². The van der Waals surface area contributed by atoms with Crippen LogP contribution in [0.4, 0.5) is 0 Å². The fourth-order valence-electron chi connectivity index (χ4n) is 3.73. The Labute approximate surface area is 168 Å². The quantitative estimate of drug-likeness (QED) is 0.746. The fourth-order valence-corrected chi connectivity index (χ4v) is 5.30. The average Bonchev–Trinajstić information content (AvgIpc) is 3.06. The molecule has 1 amide bonds. The van der Waals surface area contributed by atoms with Gasteiger partial charge in [0.25, 0.3) is 5.91 Å². The number of fused-ring (bicyclic) bond motifs is 1. The molecule has 0 aromatic heterocycles. The van der Waals surface area contributed by atoms with Gasteiger partial charge >= 0.3 is 0 Å². The first-order valence-electron chi connectivity index (χ1n) is 9.49. The minimum Gasteiger partial charge on any atom is -0.352 e. The summed E-state index contributed by atoms with van der Waals surface area (Å²) in [6.45, 7) is 6.82. The van der Waals surface area contributed by atoms with Crippen molar-refractivity contribution < 1.29 is 13.2 Å². The number of hydrogen-bond acceptors (Lipinski definition) is 4. The minimum atomic E-state index is -3.57. The van der Waals surface area contributed by atoms with Crippen LogP contribution in [0.25, 0.3) is 0 Å². The van der Waals surface area contributed by atoms with Crippen LogP contribution in [0.1, 0.15) is 43.5 Å². The van der Waals surface area contributed by atoms with Crippen LogP contribution >= 0.6 is 12.4 Å². The Morgan fingerprint density at radius 2 is 2.11 bits per heavy atom. The molecule has 1 aromatic rings. The highest BCUT2D eigenvalue weighted by molar-refractivity contribution is 7.89. The van der Waals surface area contributed by atoms with Gasteiger partial charge in [-0.3, -0.25) is 4.79 Å². The van der Waals surface area contributed by atoms with Crippen molar-refractivity contribution in [3.05, 3.63) is 29.8 Å². The zero-order valence-electron chi connectivity index (χ0n) is 16.0. The molecule has 2 aliphatic rings. The molecule has 2 atom stereocenters. The second-order valence-electron chi connectivity index (χ2n) is 7.75. The van der Waals surface area contributed by atoms with Gasteiger partial charge in [0.05, 0.1) is 4.90 Å². The molecular formula is C19H30ClN3O3S. The van der Waals surface area contributed by atoms with Crippen molar-refractivity contribution in [1.29, 1.82) is 0 Å². The van der Waals surface area contributed by atoms with Crippen molar-refractivity contribution in [2.24, 2.45) is 11.8 Å². The summed E-state index contributed by atoms with van der Waals surface area (Å²) in [6, 6.07) is 6.63. The van der Waals surface area contributed by atoms with Crippen LogP contribution < -0.4 is 10.6 Å². The molecule has 27 heavy (non-hydrogen) atoms. The molecule has 2 fully saturated rings. The number of nitrogens with one attached hydrogen (secondary N) is 2. The van der Waals surface area contributed by atoms with Gasteiger partial charge in [-0.2, -0.15) is 4.31 Å². The van der Waals surface area contributed by atoms with E-state index in [1.165, 1.54) is 6.07 Å². The Morgan fingerprint density at radius 1 is 1.33 bits per heavy atom. The highest BCUT2D eigenvalue weighted by atomic mass is 35.5. The standard InChI is InChI=1S/C19H29N3O3S.ClH/c1-14(2)8-10-21-19(23)15-5-3-7-17(11-15)26(24,25)22-12-16-6-4-9-20-18(16)13-22;/h3,5,7,11,14,16,18,20H,4,6,8-10,12-13H2,1-2H3,(H,21,23);1H/t16-,18+;/m0./s1. The molecule has 1 aromatic carbocycles. The maximum atomic E-state index is 13.0. The number of carbonyl (C=O) groups is 1. The smallest absolute Gasteiger partial charge is 0.251 e. The van der Waals surface area contributed by atoms with Crippen LogP contribution in [0, 0.1) is 11.8 Å². The van der Waals surface area contributed by atoms with E-state index in [4.69, 9.17) is 0 Å². The predicted molar refractivity (Wildman–Crippen MR) is 109 cm³/mol. The summed E-state index contributed by atoms with van der Waals surface area (Å²) < 4.78 is 27.6. The number of piperidine rings is 1. The Morgan fingerprint density at radius 3 is 2.81 bits per heavy atom. The Bertz CT molecular complexity index is 740. The number of nitrogens with zero attached hydrogens (tertiary/aromatic N) is 1. The van der Waals surface area contributed by atoms with E-state index in [1.54, 1.807) is 22.5 Å². The molecule has 3 rings (SSSR count). The number of benzene rings is 1. The topological polar surface area (TPSA) is 78.5 Å². The average molecular weight is 416 g/mol. The molecule has 0 spiro atoms. The van der Waals surface area contributed by atoms with Crippen molar-refractivity contribution in [2.75, 3.05) is 26.2 Å². The van der Waals surface area contributed by atoms with Gasteiger partial charge in [0.15, 0.2) is 0 Å². The van der Waals surface area contributed by atoms with E-state index in [0.717, 1.165) is 25.8 Å². The van der Waals surface area contributed by atoms with Crippen molar-refractivity contribution >= 4 is 28.3 Å². The molecule has 8 heteroatoms. The van der Waals surface area contributed by atoms with Gasteiger partial charge in [0.2, 0.25) is 10.0 Å². The van der Waals surface area contributed by atoms with Crippen molar-refractivity contribution in [3.63, 3.8) is 0 Å². The third kappa shape index (κ3) is 5.22. The van der Waals surface area contributed by atoms with E-state index in [9.17, 15) is 13.2 Å². The summed E-state index contributed by atoms with van der Waals surface area (Å²) in [5.41, 5.74) is 0.393.